The number of aromatic nitrogens is 1. The zero-order chi connectivity index (χ0) is 13.5. The summed E-state index contributed by atoms with van der Waals surface area (Å²) in [5, 5.41) is 3.82. The number of oxazole rings is 1. The molecule has 1 aromatic rings. The van der Waals surface area contributed by atoms with Crippen LogP contribution in [-0.4, -0.2) is 35.9 Å². The Bertz CT molecular complexity index is 379. The van der Waals surface area contributed by atoms with Crippen LogP contribution < -0.4 is 5.32 Å². The van der Waals surface area contributed by atoms with Gasteiger partial charge in [0.1, 0.15) is 12.3 Å². The molecule has 0 saturated carbocycles. The van der Waals surface area contributed by atoms with Crippen molar-refractivity contribution in [3.63, 3.8) is 0 Å². The number of nitrogens with zero attached hydrogens (tertiary/aromatic N) is 1. The molecule has 0 spiro atoms. The largest absolute Gasteiger partial charge is 0.468 e. The molecule has 5 nitrogen and oxygen atoms in total. The molecule has 1 heterocycles. The third-order valence-electron chi connectivity index (χ3n) is 2.25. The van der Waals surface area contributed by atoms with E-state index in [0.29, 0.717) is 11.6 Å². The Kier molecular flexibility index (Phi) is 6.21. The number of hydrogen-bond acceptors (Lipinski definition) is 6. The number of carbonyl (C=O) groups is 1. The summed E-state index contributed by atoms with van der Waals surface area (Å²) in [5.74, 6) is 0.521. The number of thioether (sulfide) groups is 1. The molecular weight excluding hydrogens is 252 g/mol. The Morgan fingerprint density at radius 1 is 1.61 bits per heavy atom. The number of rotatable bonds is 7. The second-order valence-electron chi connectivity index (χ2n) is 4.29. The standard InChI is InChI=1S/C12H20N2O3S/c1-8(2)13-10(11(15)16-4)5-6-18-12-14-9(3)7-17-12/h7-8,10,13H,5-6H2,1-4H3. The van der Waals surface area contributed by atoms with Gasteiger partial charge in [0.25, 0.3) is 5.22 Å². The van der Waals surface area contributed by atoms with Crippen molar-refractivity contribution in [2.45, 2.75) is 44.5 Å². The molecule has 1 N–H and O–H groups in total. The van der Waals surface area contributed by atoms with Gasteiger partial charge in [-0.1, -0.05) is 25.6 Å². The van der Waals surface area contributed by atoms with Crippen LogP contribution >= 0.6 is 11.8 Å². The molecular formula is C12H20N2O3S. The summed E-state index contributed by atoms with van der Waals surface area (Å²) in [6.07, 6.45) is 2.30. The minimum atomic E-state index is -0.279. The number of carbonyl (C=O) groups excluding carboxylic acids is 1. The molecule has 1 aromatic heterocycles. The minimum absolute atomic E-state index is 0.229. The Labute approximate surface area is 112 Å². The molecule has 1 unspecified atom stereocenters. The van der Waals surface area contributed by atoms with Crippen LogP contribution in [0.5, 0.6) is 0 Å². The predicted octanol–water partition coefficient (Wildman–Crippen LogP) is 2.00. The summed E-state index contributed by atoms with van der Waals surface area (Å²) in [4.78, 5) is 15.8. The van der Waals surface area contributed by atoms with Crippen molar-refractivity contribution in [3.05, 3.63) is 12.0 Å². The maximum Gasteiger partial charge on any atom is 0.322 e. The summed E-state index contributed by atoms with van der Waals surface area (Å²) in [6.45, 7) is 5.88. The van der Waals surface area contributed by atoms with Crippen LogP contribution in [0.2, 0.25) is 0 Å². The van der Waals surface area contributed by atoms with Crippen molar-refractivity contribution in [1.82, 2.24) is 10.3 Å². The van der Waals surface area contributed by atoms with E-state index in [-0.39, 0.29) is 18.1 Å². The normalized spacial score (nSPS) is 12.7. The minimum Gasteiger partial charge on any atom is -0.468 e. The lowest BCUT2D eigenvalue weighted by Gasteiger charge is -2.18. The molecule has 0 fully saturated rings. The van der Waals surface area contributed by atoms with Crippen LogP contribution in [-0.2, 0) is 9.53 Å². The number of ether oxygens (including phenoxy) is 1. The molecule has 0 bridgehead atoms. The average molecular weight is 272 g/mol. The van der Waals surface area contributed by atoms with Gasteiger partial charge in [0.05, 0.1) is 12.8 Å². The lowest BCUT2D eigenvalue weighted by Crippen LogP contribution is -2.41. The van der Waals surface area contributed by atoms with Crippen molar-refractivity contribution < 1.29 is 13.9 Å². The van der Waals surface area contributed by atoms with Gasteiger partial charge in [0, 0.05) is 11.8 Å². The van der Waals surface area contributed by atoms with Gasteiger partial charge in [0.15, 0.2) is 0 Å². The number of aryl methyl sites for hydroxylation is 1. The first-order chi connectivity index (χ1) is 8.52. The van der Waals surface area contributed by atoms with E-state index in [9.17, 15) is 4.79 Å². The highest BCUT2D eigenvalue weighted by Gasteiger charge is 2.19. The van der Waals surface area contributed by atoms with Gasteiger partial charge < -0.3 is 14.5 Å². The third kappa shape index (κ3) is 5.10. The lowest BCUT2D eigenvalue weighted by atomic mass is 10.2. The Hall–Kier alpha value is -1.01. The molecule has 0 aliphatic rings. The molecule has 0 saturated heterocycles. The number of esters is 1. The van der Waals surface area contributed by atoms with E-state index in [4.69, 9.17) is 9.15 Å². The van der Waals surface area contributed by atoms with Gasteiger partial charge in [-0.2, -0.15) is 0 Å². The van der Waals surface area contributed by atoms with Crippen molar-refractivity contribution in [1.29, 1.82) is 0 Å². The first kappa shape index (κ1) is 15.0. The molecule has 0 aliphatic heterocycles. The fourth-order valence-electron chi connectivity index (χ4n) is 1.48. The highest BCUT2D eigenvalue weighted by Crippen LogP contribution is 2.18. The zero-order valence-corrected chi connectivity index (χ0v) is 12.0. The average Bonchev–Trinajstić information content (AvgIpc) is 2.72. The van der Waals surface area contributed by atoms with E-state index in [0.717, 1.165) is 11.4 Å². The molecule has 102 valence electrons. The summed E-state index contributed by atoms with van der Waals surface area (Å²) >= 11 is 1.50. The van der Waals surface area contributed by atoms with Gasteiger partial charge in [-0.05, 0) is 13.3 Å². The molecule has 1 rings (SSSR count). The number of nitrogens with one attached hydrogen (secondary N) is 1. The van der Waals surface area contributed by atoms with Gasteiger partial charge in [-0.3, -0.25) is 4.79 Å². The molecule has 0 radical (unpaired) electrons. The van der Waals surface area contributed by atoms with Crippen LogP contribution in [0.15, 0.2) is 15.9 Å². The van der Waals surface area contributed by atoms with Gasteiger partial charge in [-0.15, -0.1) is 0 Å². The van der Waals surface area contributed by atoms with Crippen molar-refractivity contribution in [3.8, 4) is 0 Å². The van der Waals surface area contributed by atoms with E-state index in [1.807, 2.05) is 20.8 Å². The van der Waals surface area contributed by atoms with E-state index >= 15 is 0 Å². The maximum atomic E-state index is 11.6. The van der Waals surface area contributed by atoms with Crippen LogP contribution in [0.3, 0.4) is 0 Å². The van der Waals surface area contributed by atoms with E-state index in [2.05, 4.69) is 10.3 Å². The second kappa shape index (κ2) is 7.43. The van der Waals surface area contributed by atoms with Gasteiger partial charge in [-0.25, -0.2) is 4.98 Å². The van der Waals surface area contributed by atoms with E-state index < -0.39 is 0 Å². The van der Waals surface area contributed by atoms with Crippen molar-refractivity contribution in [2.75, 3.05) is 12.9 Å². The van der Waals surface area contributed by atoms with Crippen LogP contribution in [0.25, 0.3) is 0 Å². The highest BCUT2D eigenvalue weighted by molar-refractivity contribution is 7.99. The summed E-state index contributed by atoms with van der Waals surface area (Å²) < 4.78 is 10.00. The number of methoxy groups -OCH3 is 1. The van der Waals surface area contributed by atoms with Crippen LogP contribution in [0, 0.1) is 6.92 Å². The monoisotopic (exact) mass is 272 g/mol. The van der Waals surface area contributed by atoms with E-state index in [1.54, 1.807) is 6.26 Å². The Morgan fingerprint density at radius 3 is 2.83 bits per heavy atom. The predicted molar refractivity (Wildman–Crippen MR) is 70.7 cm³/mol. The topological polar surface area (TPSA) is 64.4 Å². The molecule has 0 aliphatic carbocycles. The van der Waals surface area contributed by atoms with Gasteiger partial charge >= 0.3 is 5.97 Å². The summed E-state index contributed by atoms with van der Waals surface area (Å²) in [5.41, 5.74) is 0.863. The molecule has 0 amide bonds. The van der Waals surface area contributed by atoms with Crippen LogP contribution in [0.4, 0.5) is 0 Å². The Morgan fingerprint density at radius 2 is 2.33 bits per heavy atom. The smallest absolute Gasteiger partial charge is 0.322 e. The second-order valence-corrected chi connectivity index (χ2v) is 5.34. The zero-order valence-electron chi connectivity index (χ0n) is 11.2. The van der Waals surface area contributed by atoms with E-state index in [1.165, 1.54) is 18.9 Å². The Balaban J connectivity index is 2.39. The van der Waals surface area contributed by atoms with Gasteiger partial charge in [0.2, 0.25) is 0 Å². The van der Waals surface area contributed by atoms with Crippen molar-refractivity contribution >= 4 is 17.7 Å². The fraction of sp³-hybridized carbons (Fsp3) is 0.667. The molecule has 18 heavy (non-hydrogen) atoms. The summed E-state index contributed by atoms with van der Waals surface area (Å²) in [6, 6.07) is -0.0401. The first-order valence-electron chi connectivity index (χ1n) is 5.91. The summed E-state index contributed by atoms with van der Waals surface area (Å²) in [7, 11) is 1.40. The quantitative estimate of drug-likeness (QED) is 0.605. The highest BCUT2D eigenvalue weighted by atomic mass is 32.2. The molecule has 6 heteroatoms. The lowest BCUT2D eigenvalue weighted by molar-refractivity contribution is -0.143. The number of hydrogen-bond donors (Lipinski definition) is 1. The SMILES string of the molecule is COC(=O)C(CCSc1nc(C)co1)NC(C)C. The first-order valence-corrected chi connectivity index (χ1v) is 6.90. The molecule has 0 aromatic carbocycles. The van der Waals surface area contributed by atoms with Crippen LogP contribution in [0.1, 0.15) is 26.0 Å². The van der Waals surface area contributed by atoms with Crippen molar-refractivity contribution in [2.24, 2.45) is 0 Å². The maximum absolute atomic E-state index is 11.6. The fourth-order valence-corrected chi connectivity index (χ4v) is 2.33. The third-order valence-corrected chi connectivity index (χ3v) is 3.12. The molecule has 1 atom stereocenters.